The standard InChI is InChI=1S/C73H78BN4S2/c1-41(2)50-22-21-23-51(42(3)4)66(50)78-56-25-20-19-24-55(56)75(18)69(78)52-29-26-44(32-43(52)5)45-33-59-65-60(34-45)77-58-31-28-47(71(9,10)11)38-62(58)80-64-40-49(73(15,16)17)36-54(68(64)77)74(65)53-35-48(72(12,13)14)39-63-67(53)76(59)57-30-27-46(70(6,7)8)37-61(57)79-63/h19-42H,1-18H3/q+1. The highest BCUT2D eigenvalue weighted by Crippen LogP contribution is 2.59. The summed E-state index contributed by atoms with van der Waals surface area (Å²) in [6.07, 6.45) is 0. The zero-order chi connectivity index (χ0) is 56.6. The summed E-state index contributed by atoms with van der Waals surface area (Å²) in [6, 6.07) is 53.2. The van der Waals surface area contributed by atoms with Crippen molar-refractivity contribution in [3.8, 4) is 28.2 Å². The number of para-hydroxylation sites is 3. The lowest BCUT2D eigenvalue weighted by atomic mass is 9.33. The van der Waals surface area contributed by atoms with E-state index in [1.165, 1.54) is 148 Å². The van der Waals surface area contributed by atoms with E-state index in [0.29, 0.717) is 11.8 Å². The van der Waals surface area contributed by atoms with Gasteiger partial charge in [-0.2, -0.15) is 4.57 Å². The summed E-state index contributed by atoms with van der Waals surface area (Å²) in [4.78, 5) is 10.7. The zero-order valence-electron chi connectivity index (χ0n) is 50.5. The molecule has 0 N–H and O–H groups in total. The second kappa shape index (κ2) is 18.0. The molecule has 0 fully saturated rings. The molecule has 9 aromatic rings. The van der Waals surface area contributed by atoms with E-state index < -0.39 is 0 Å². The summed E-state index contributed by atoms with van der Waals surface area (Å²) >= 11 is 3.94. The molecular formula is C73H78BN4S2+. The number of aryl methyl sites for hydroxylation is 2. The molecule has 0 spiro atoms. The predicted molar refractivity (Wildman–Crippen MR) is 345 cm³/mol. The van der Waals surface area contributed by atoms with Crippen LogP contribution in [0.4, 0.5) is 34.1 Å². The van der Waals surface area contributed by atoms with Crippen LogP contribution in [0.5, 0.6) is 0 Å². The lowest BCUT2D eigenvalue weighted by molar-refractivity contribution is -0.633. The van der Waals surface area contributed by atoms with Gasteiger partial charge in [0.15, 0.2) is 11.0 Å². The topological polar surface area (TPSA) is 15.3 Å². The van der Waals surface area contributed by atoms with Crippen LogP contribution in [0.15, 0.2) is 153 Å². The summed E-state index contributed by atoms with van der Waals surface area (Å²) in [5.41, 5.74) is 28.6. The van der Waals surface area contributed by atoms with E-state index in [9.17, 15) is 0 Å². The third-order valence-corrected chi connectivity index (χ3v) is 20.0. The summed E-state index contributed by atoms with van der Waals surface area (Å²) in [6.45, 7) is 40.1. The lowest BCUT2D eigenvalue weighted by Gasteiger charge is -2.48. The van der Waals surface area contributed by atoms with E-state index in [0.717, 1.165) is 0 Å². The van der Waals surface area contributed by atoms with Gasteiger partial charge in [-0.15, -0.1) is 0 Å². The Morgan fingerprint density at radius 1 is 0.450 bits per heavy atom. The Morgan fingerprint density at radius 2 is 0.925 bits per heavy atom. The van der Waals surface area contributed by atoms with Gasteiger partial charge in [0.25, 0.3) is 12.5 Å². The first kappa shape index (κ1) is 52.9. The molecule has 404 valence electrons. The molecule has 7 heteroatoms. The Morgan fingerprint density at radius 3 is 1.39 bits per heavy atom. The number of hydrogen-bond acceptors (Lipinski definition) is 4. The van der Waals surface area contributed by atoms with E-state index in [2.05, 4.69) is 277 Å². The molecule has 0 unspecified atom stereocenters. The average Bonchev–Trinajstić information content (AvgIpc) is 1.20. The lowest BCUT2D eigenvalue weighted by Crippen LogP contribution is -2.62. The maximum Gasteiger partial charge on any atom is 0.295 e. The molecular weight excluding hydrogens is 1010 g/mol. The molecule has 0 atom stereocenters. The molecule has 4 nitrogen and oxygen atoms in total. The maximum absolute atomic E-state index is 2.69. The predicted octanol–water partition coefficient (Wildman–Crippen LogP) is 18.5. The van der Waals surface area contributed by atoms with Gasteiger partial charge < -0.3 is 9.80 Å². The van der Waals surface area contributed by atoms with Crippen molar-refractivity contribution in [3.63, 3.8) is 0 Å². The van der Waals surface area contributed by atoms with Crippen LogP contribution in [-0.2, 0) is 28.7 Å². The van der Waals surface area contributed by atoms with Gasteiger partial charge in [-0.05, 0) is 162 Å². The summed E-state index contributed by atoms with van der Waals surface area (Å²) in [7, 11) is 2.25. The van der Waals surface area contributed by atoms with Crippen LogP contribution >= 0.6 is 23.5 Å². The molecule has 0 aliphatic carbocycles. The first-order valence-corrected chi connectivity index (χ1v) is 30.9. The second-order valence-electron chi connectivity index (χ2n) is 28.3. The fraction of sp³-hybridized carbons (Fsp3) is 0.329. The molecule has 0 saturated heterocycles. The normalized spacial score (nSPS) is 14.4. The Bertz CT molecular complexity index is 3920. The fourth-order valence-corrected chi connectivity index (χ4v) is 15.7. The van der Waals surface area contributed by atoms with Crippen LogP contribution in [0, 0.1) is 6.92 Å². The second-order valence-corrected chi connectivity index (χ2v) is 30.4. The quantitative estimate of drug-likeness (QED) is 0.126. The van der Waals surface area contributed by atoms with Crippen LogP contribution in [0.25, 0.3) is 39.2 Å². The summed E-state index contributed by atoms with van der Waals surface area (Å²) in [5, 5.41) is 0. The van der Waals surface area contributed by atoms with Crippen molar-refractivity contribution in [3.05, 3.63) is 172 Å². The van der Waals surface area contributed by atoms with Crippen molar-refractivity contribution in [2.75, 3.05) is 9.80 Å². The number of nitrogens with zero attached hydrogens (tertiary/aromatic N) is 4. The van der Waals surface area contributed by atoms with Crippen molar-refractivity contribution in [1.29, 1.82) is 0 Å². The molecule has 80 heavy (non-hydrogen) atoms. The van der Waals surface area contributed by atoms with Gasteiger partial charge in [-0.1, -0.05) is 201 Å². The minimum absolute atomic E-state index is 0.00299. The van der Waals surface area contributed by atoms with Crippen molar-refractivity contribution in [2.45, 2.75) is 171 Å². The van der Waals surface area contributed by atoms with Gasteiger partial charge in [-0.25, -0.2) is 4.57 Å². The molecule has 4 aliphatic heterocycles. The monoisotopic (exact) mass is 1090 g/mol. The van der Waals surface area contributed by atoms with Crippen molar-refractivity contribution < 1.29 is 4.57 Å². The van der Waals surface area contributed by atoms with Gasteiger partial charge in [0.2, 0.25) is 0 Å². The number of anilines is 6. The summed E-state index contributed by atoms with van der Waals surface area (Å²) in [5.74, 6) is 1.89. The van der Waals surface area contributed by atoms with E-state index in [4.69, 9.17) is 0 Å². The Balaban J connectivity index is 1.11. The number of hydrogen-bond donors (Lipinski definition) is 0. The van der Waals surface area contributed by atoms with E-state index in [1.54, 1.807) is 0 Å². The highest BCUT2D eigenvalue weighted by molar-refractivity contribution is 8.00. The van der Waals surface area contributed by atoms with Gasteiger partial charge in [0, 0.05) is 42.1 Å². The molecule has 0 saturated carbocycles. The Hall–Kier alpha value is -6.41. The van der Waals surface area contributed by atoms with Crippen molar-refractivity contribution >= 4 is 91.8 Å². The molecule has 1 aromatic heterocycles. The maximum atomic E-state index is 2.69. The van der Waals surface area contributed by atoms with E-state index >= 15 is 0 Å². The number of benzene rings is 8. The first-order valence-electron chi connectivity index (χ1n) is 29.2. The van der Waals surface area contributed by atoms with Crippen LogP contribution in [-0.4, -0.2) is 11.3 Å². The molecule has 8 aromatic carbocycles. The van der Waals surface area contributed by atoms with Gasteiger partial charge >= 0.3 is 0 Å². The molecule has 4 aliphatic rings. The zero-order valence-corrected chi connectivity index (χ0v) is 52.2. The summed E-state index contributed by atoms with van der Waals surface area (Å²) < 4.78 is 5.01. The smallest absolute Gasteiger partial charge is 0.295 e. The number of aromatic nitrogens is 2. The molecule has 5 heterocycles. The van der Waals surface area contributed by atoms with Crippen LogP contribution in [0.3, 0.4) is 0 Å². The van der Waals surface area contributed by atoms with Gasteiger partial charge in [-0.3, -0.25) is 0 Å². The number of imidazole rings is 1. The molecule has 0 amide bonds. The SMILES string of the molecule is Cc1cc(-c2cc3c4c(c2)N2c5ccc(C(C)(C)C)cc5Sc5cc(C(C)(C)C)cc(c52)B4c2cc(C(C)(C)C)cc4c2N3c2ccc(C(C)(C)C)cc2S4)ccc1-c1n(-c2c(C(C)C)cccc2C(C)C)c2ccccc2[n+]1C. The molecule has 0 radical (unpaired) electrons. The van der Waals surface area contributed by atoms with Crippen LogP contribution in [0.1, 0.15) is 162 Å². The third-order valence-electron chi connectivity index (χ3n) is 17.9. The third kappa shape index (κ3) is 8.12. The number of fused-ring (bicyclic) bond motifs is 9. The van der Waals surface area contributed by atoms with Crippen molar-refractivity contribution in [1.82, 2.24) is 4.57 Å². The van der Waals surface area contributed by atoms with Gasteiger partial charge in [0.1, 0.15) is 5.69 Å². The van der Waals surface area contributed by atoms with Gasteiger partial charge in [0.05, 0.1) is 35.4 Å². The Labute approximate surface area is 486 Å². The fourth-order valence-electron chi connectivity index (χ4n) is 13.3. The average molecular weight is 1090 g/mol. The van der Waals surface area contributed by atoms with E-state index in [-0.39, 0.29) is 28.4 Å². The van der Waals surface area contributed by atoms with Crippen LogP contribution in [0.2, 0.25) is 0 Å². The van der Waals surface area contributed by atoms with E-state index in [1.807, 2.05) is 23.5 Å². The first-order chi connectivity index (χ1) is 37.7. The Kier molecular flexibility index (Phi) is 11.9. The highest BCUT2D eigenvalue weighted by atomic mass is 32.2. The van der Waals surface area contributed by atoms with Crippen molar-refractivity contribution in [2.24, 2.45) is 7.05 Å². The number of rotatable bonds is 5. The molecule has 0 bridgehead atoms. The molecule has 13 rings (SSSR count). The highest BCUT2D eigenvalue weighted by Gasteiger charge is 2.49. The minimum atomic E-state index is -0.0612. The minimum Gasteiger partial charge on any atom is -0.309 e. The largest absolute Gasteiger partial charge is 0.309 e. The van der Waals surface area contributed by atoms with Crippen LogP contribution < -0.4 is 30.8 Å².